The lowest BCUT2D eigenvalue weighted by atomic mass is 9.87. The van der Waals surface area contributed by atoms with Crippen LogP contribution in [0.3, 0.4) is 0 Å². The van der Waals surface area contributed by atoms with Gasteiger partial charge in [-0.15, -0.1) is 0 Å². The third kappa shape index (κ3) is 4.02. The fraction of sp³-hybridized carbons (Fsp3) is 0.579. The van der Waals surface area contributed by atoms with E-state index in [-0.39, 0.29) is 5.92 Å². The van der Waals surface area contributed by atoms with Crippen LogP contribution in [0.2, 0.25) is 5.02 Å². The molecule has 24 heavy (non-hydrogen) atoms. The number of nitrogens with zero attached hydrogens (tertiary/aromatic N) is 2. The topological polar surface area (TPSA) is 56.1 Å². The molecule has 1 aromatic carbocycles. The molecule has 1 aliphatic heterocycles. The van der Waals surface area contributed by atoms with E-state index in [1.807, 2.05) is 11.0 Å². The predicted molar refractivity (Wildman–Crippen MR) is 96.0 cm³/mol. The van der Waals surface area contributed by atoms with Gasteiger partial charge in [0.05, 0.1) is 11.3 Å². The summed E-state index contributed by atoms with van der Waals surface area (Å²) in [5.41, 5.74) is 1.40. The van der Waals surface area contributed by atoms with E-state index < -0.39 is 0 Å². The summed E-state index contributed by atoms with van der Waals surface area (Å²) in [5.74, 6) is 0.613. The highest BCUT2D eigenvalue weighted by atomic mass is 35.5. The number of anilines is 1. The molecule has 4 nitrogen and oxygen atoms in total. The number of hydrogen-bond donors (Lipinski definition) is 1. The Kier molecular flexibility index (Phi) is 5.63. The summed E-state index contributed by atoms with van der Waals surface area (Å²) in [6.07, 6.45) is 7.64. The fourth-order valence-electron chi connectivity index (χ4n) is 3.81. The van der Waals surface area contributed by atoms with Crippen LogP contribution in [-0.4, -0.2) is 29.9 Å². The molecular formula is C19H24ClN3O. The van der Waals surface area contributed by atoms with Gasteiger partial charge in [0.15, 0.2) is 0 Å². The van der Waals surface area contributed by atoms with Gasteiger partial charge < -0.3 is 10.2 Å². The van der Waals surface area contributed by atoms with Crippen molar-refractivity contribution in [2.45, 2.75) is 51.0 Å². The van der Waals surface area contributed by atoms with Crippen LogP contribution < -0.4 is 5.32 Å². The summed E-state index contributed by atoms with van der Waals surface area (Å²) < 4.78 is 0. The second-order valence-corrected chi connectivity index (χ2v) is 7.32. The molecule has 2 fully saturated rings. The molecule has 1 aliphatic carbocycles. The molecule has 1 aromatic rings. The number of benzene rings is 1. The third-order valence-corrected chi connectivity index (χ3v) is 5.46. The average molecular weight is 346 g/mol. The van der Waals surface area contributed by atoms with Gasteiger partial charge in [0.2, 0.25) is 5.91 Å². The monoisotopic (exact) mass is 345 g/mol. The highest BCUT2D eigenvalue weighted by Gasteiger charge is 2.29. The van der Waals surface area contributed by atoms with Gasteiger partial charge in [-0.1, -0.05) is 30.9 Å². The standard InChI is InChI=1S/C19H24ClN3O/c20-16-6-7-18(15(12-16)13-21)22-17-8-10-23(11-9-17)19(24)14-4-2-1-3-5-14/h6-7,12,14,17,22H,1-5,8-11H2. The van der Waals surface area contributed by atoms with E-state index in [1.54, 1.807) is 12.1 Å². The maximum Gasteiger partial charge on any atom is 0.225 e. The minimum Gasteiger partial charge on any atom is -0.381 e. The summed E-state index contributed by atoms with van der Waals surface area (Å²) in [7, 11) is 0. The van der Waals surface area contributed by atoms with E-state index in [0.717, 1.165) is 44.5 Å². The Hall–Kier alpha value is -1.73. The van der Waals surface area contributed by atoms with Crippen LogP contribution >= 0.6 is 11.6 Å². The van der Waals surface area contributed by atoms with Gasteiger partial charge >= 0.3 is 0 Å². The zero-order valence-corrected chi connectivity index (χ0v) is 14.7. The number of piperidine rings is 1. The van der Waals surface area contributed by atoms with Crippen LogP contribution in [0.15, 0.2) is 18.2 Å². The zero-order valence-electron chi connectivity index (χ0n) is 13.9. The Bertz CT molecular complexity index is 626. The molecule has 0 atom stereocenters. The number of likely N-dealkylation sites (tertiary alicyclic amines) is 1. The smallest absolute Gasteiger partial charge is 0.225 e. The lowest BCUT2D eigenvalue weighted by molar-refractivity contribution is -0.137. The Balaban J connectivity index is 1.54. The Morgan fingerprint density at radius 1 is 1.17 bits per heavy atom. The molecule has 1 saturated carbocycles. The first-order valence-electron chi connectivity index (χ1n) is 8.92. The Morgan fingerprint density at radius 2 is 1.88 bits per heavy atom. The van der Waals surface area contributed by atoms with Crippen LogP contribution in [0.4, 0.5) is 5.69 Å². The van der Waals surface area contributed by atoms with Crippen LogP contribution in [0.25, 0.3) is 0 Å². The summed E-state index contributed by atoms with van der Waals surface area (Å²) in [5, 5.41) is 13.3. The highest BCUT2D eigenvalue weighted by molar-refractivity contribution is 6.30. The minimum atomic E-state index is 0.254. The molecule has 3 rings (SSSR count). The van der Waals surface area contributed by atoms with Crippen LogP contribution in [0.1, 0.15) is 50.5 Å². The summed E-state index contributed by atoms with van der Waals surface area (Å²) in [6.45, 7) is 1.62. The number of nitrogens with one attached hydrogen (secondary N) is 1. The Morgan fingerprint density at radius 3 is 2.54 bits per heavy atom. The molecule has 5 heteroatoms. The van der Waals surface area contributed by atoms with E-state index in [9.17, 15) is 10.1 Å². The van der Waals surface area contributed by atoms with Gasteiger partial charge in [-0.3, -0.25) is 4.79 Å². The number of carbonyl (C=O) groups excluding carboxylic acids is 1. The molecule has 0 bridgehead atoms. The summed E-state index contributed by atoms with van der Waals surface area (Å²) in [4.78, 5) is 14.6. The molecular weight excluding hydrogens is 322 g/mol. The van der Waals surface area contributed by atoms with Crippen molar-refractivity contribution < 1.29 is 4.79 Å². The van der Waals surface area contributed by atoms with E-state index in [2.05, 4.69) is 11.4 Å². The van der Waals surface area contributed by atoms with Gasteiger partial charge in [0.25, 0.3) is 0 Å². The van der Waals surface area contributed by atoms with Crippen LogP contribution in [-0.2, 0) is 4.79 Å². The Labute approximate surface area is 148 Å². The molecule has 2 aliphatic rings. The first-order valence-corrected chi connectivity index (χ1v) is 9.30. The van der Waals surface area contributed by atoms with Gasteiger partial charge in [-0.25, -0.2) is 0 Å². The molecule has 0 spiro atoms. The predicted octanol–water partition coefficient (Wildman–Crippen LogP) is 4.19. The van der Waals surface area contributed by atoms with Crippen molar-refractivity contribution in [2.24, 2.45) is 5.92 Å². The normalized spacial score (nSPS) is 19.8. The number of nitriles is 1. The quantitative estimate of drug-likeness (QED) is 0.893. The van der Waals surface area contributed by atoms with Gasteiger partial charge in [0, 0.05) is 30.1 Å². The van der Waals surface area contributed by atoms with Crippen molar-refractivity contribution in [2.75, 3.05) is 18.4 Å². The number of carbonyl (C=O) groups is 1. The molecule has 0 radical (unpaired) electrons. The first-order chi connectivity index (χ1) is 11.7. The van der Waals surface area contributed by atoms with Gasteiger partial charge in [0.1, 0.15) is 6.07 Å². The van der Waals surface area contributed by atoms with Crippen molar-refractivity contribution in [3.8, 4) is 6.07 Å². The third-order valence-electron chi connectivity index (χ3n) is 5.22. The number of rotatable bonds is 3. The largest absolute Gasteiger partial charge is 0.381 e. The molecule has 1 saturated heterocycles. The van der Waals surface area contributed by atoms with Crippen molar-refractivity contribution in [1.29, 1.82) is 5.26 Å². The molecule has 1 N–H and O–H groups in total. The fourth-order valence-corrected chi connectivity index (χ4v) is 3.98. The SMILES string of the molecule is N#Cc1cc(Cl)ccc1NC1CCN(C(=O)C2CCCCC2)CC1. The lowest BCUT2D eigenvalue weighted by Crippen LogP contribution is -2.45. The summed E-state index contributed by atoms with van der Waals surface area (Å²) in [6, 6.07) is 7.83. The number of halogens is 1. The average Bonchev–Trinajstić information content (AvgIpc) is 2.64. The van der Waals surface area contributed by atoms with Crippen molar-refractivity contribution in [3.63, 3.8) is 0 Å². The maximum absolute atomic E-state index is 12.6. The second kappa shape index (κ2) is 7.90. The first kappa shape index (κ1) is 17.1. The van der Waals surface area contributed by atoms with Crippen LogP contribution in [0, 0.1) is 17.2 Å². The number of amides is 1. The lowest BCUT2D eigenvalue weighted by Gasteiger charge is -2.35. The van der Waals surface area contributed by atoms with Gasteiger partial charge in [-0.05, 0) is 43.9 Å². The molecule has 1 heterocycles. The van der Waals surface area contributed by atoms with E-state index in [4.69, 9.17) is 11.6 Å². The molecule has 0 aromatic heterocycles. The number of hydrogen-bond acceptors (Lipinski definition) is 3. The molecule has 0 unspecified atom stereocenters. The molecule has 128 valence electrons. The van der Waals surface area contributed by atoms with Gasteiger partial charge in [-0.2, -0.15) is 5.26 Å². The summed E-state index contributed by atoms with van der Waals surface area (Å²) >= 11 is 5.94. The van der Waals surface area contributed by atoms with E-state index >= 15 is 0 Å². The minimum absolute atomic E-state index is 0.254. The van der Waals surface area contributed by atoms with Crippen molar-refractivity contribution >= 4 is 23.2 Å². The second-order valence-electron chi connectivity index (χ2n) is 6.88. The van der Waals surface area contributed by atoms with Crippen molar-refractivity contribution in [1.82, 2.24) is 4.90 Å². The zero-order chi connectivity index (χ0) is 16.9. The molecule has 1 amide bonds. The van der Waals surface area contributed by atoms with Crippen molar-refractivity contribution in [3.05, 3.63) is 28.8 Å². The van der Waals surface area contributed by atoms with Crippen LogP contribution in [0.5, 0.6) is 0 Å². The van der Waals surface area contributed by atoms with E-state index in [0.29, 0.717) is 22.5 Å². The van der Waals surface area contributed by atoms with E-state index in [1.165, 1.54) is 19.3 Å². The maximum atomic E-state index is 12.6. The highest BCUT2D eigenvalue weighted by Crippen LogP contribution is 2.28.